The predicted molar refractivity (Wildman–Crippen MR) is 155 cm³/mol. The van der Waals surface area contributed by atoms with Gasteiger partial charge in [0.15, 0.2) is 17.3 Å². The van der Waals surface area contributed by atoms with Gasteiger partial charge in [-0.3, -0.25) is 9.59 Å². The molecular formula is C32H30ClFN2O5. The maximum atomic E-state index is 15.5. The number of dihydropyridines is 1. The number of benzene rings is 3. The number of carbonyl (C=O) groups excluding carboxylic acids is 2. The van der Waals surface area contributed by atoms with Crippen molar-refractivity contribution in [3.63, 3.8) is 0 Å². The zero-order chi connectivity index (χ0) is 29.3. The Morgan fingerprint density at radius 3 is 2.37 bits per heavy atom. The normalized spacial score (nSPS) is 18.4. The minimum absolute atomic E-state index is 0.0975. The van der Waals surface area contributed by atoms with E-state index in [1.165, 1.54) is 12.1 Å². The second-order valence-corrected chi connectivity index (χ2v) is 10.4. The van der Waals surface area contributed by atoms with E-state index in [4.69, 9.17) is 25.8 Å². The van der Waals surface area contributed by atoms with Crippen LogP contribution in [0.2, 0.25) is 5.02 Å². The van der Waals surface area contributed by atoms with Gasteiger partial charge in [-0.15, -0.1) is 0 Å². The molecule has 3 aromatic carbocycles. The van der Waals surface area contributed by atoms with E-state index in [1.807, 2.05) is 18.2 Å². The summed E-state index contributed by atoms with van der Waals surface area (Å²) in [5.41, 5.74) is 3.26. The van der Waals surface area contributed by atoms with Crippen LogP contribution in [0.25, 0.3) is 0 Å². The summed E-state index contributed by atoms with van der Waals surface area (Å²) in [5, 5.41) is 6.33. The van der Waals surface area contributed by atoms with E-state index >= 15 is 4.39 Å². The van der Waals surface area contributed by atoms with Gasteiger partial charge in [-0.05, 0) is 73.4 Å². The molecule has 1 aliphatic heterocycles. The number of Topliss-reactive ketones (excluding diaryl/α,β-unsaturated/α-hetero) is 1. The number of ketones is 1. The maximum absolute atomic E-state index is 15.5. The van der Waals surface area contributed by atoms with E-state index in [0.717, 1.165) is 5.56 Å². The molecule has 212 valence electrons. The Labute approximate surface area is 242 Å². The van der Waals surface area contributed by atoms with Crippen LogP contribution < -0.4 is 24.8 Å². The molecule has 0 spiro atoms. The van der Waals surface area contributed by atoms with Crippen LogP contribution in [0.5, 0.6) is 17.2 Å². The second-order valence-electron chi connectivity index (χ2n) is 9.95. The molecule has 2 aliphatic rings. The first-order valence-corrected chi connectivity index (χ1v) is 13.5. The van der Waals surface area contributed by atoms with Crippen molar-refractivity contribution in [2.45, 2.75) is 31.6 Å². The van der Waals surface area contributed by atoms with Crippen LogP contribution in [0.15, 0.2) is 83.2 Å². The fourth-order valence-corrected chi connectivity index (χ4v) is 5.90. The summed E-state index contributed by atoms with van der Waals surface area (Å²) >= 11 is 6.55. The number of carbonyl (C=O) groups is 2. The summed E-state index contributed by atoms with van der Waals surface area (Å²) in [6.45, 7) is 1.75. The van der Waals surface area contributed by atoms with Crippen LogP contribution in [0, 0.1) is 5.82 Å². The number of methoxy groups -OCH3 is 3. The lowest BCUT2D eigenvalue weighted by Gasteiger charge is -2.37. The van der Waals surface area contributed by atoms with Gasteiger partial charge in [-0.25, -0.2) is 4.39 Å². The molecule has 1 aliphatic carbocycles. The zero-order valence-electron chi connectivity index (χ0n) is 23.1. The van der Waals surface area contributed by atoms with Gasteiger partial charge in [0.05, 0.1) is 27.2 Å². The van der Waals surface area contributed by atoms with Gasteiger partial charge in [0.2, 0.25) is 0 Å². The summed E-state index contributed by atoms with van der Waals surface area (Å²) in [6.07, 6.45) is 0.648. The average Bonchev–Trinajstić information content (AvgIpc) is 2.96. The molecule has 9 heteroatoms. The molecule has 2 unspecified atom stereocenters. The van der Waals surface area contributed by atoms with Gasteiger partial charge < -0.3 is 24.8 Å². The molecule has 0 saturated carbocycles. The van der Waals surface area contributed by atoms with E-state index < -0.39 is 17.6 Å². The molecular weight excluding hydrogens is 547 g/mol. The van der Waals surface area contributed by atoms with Crippen LogP contribution in [0.3, 0.4) is 0 Å². The molecule has 2 N–H and O–H groups in total. The first-order valence-electron chi connectivity index (χ1n) is 13.1. The Kier molecular flexibility index (Phi) is 8.03. The van der Waals surface area contributed by atoms with Crippen molar-refractivity contribution in [1.82, 2.24) is 5.32 Å². The first kappa shape index (κ1) is 28.2. The van der Waals surface area contributed by atoms with E-state index in [9.17, 15) is 9.59 Å². The third-order valence-corrected chi connectivity index (χ3v) is 7.92. The molecule has 0 saturated heterocycles. The molecule has 0 radical (unpaired) electrons. The van der Waals surface area contributed by atoms with Crippen LogP contribution in [0.4, 0.5) is 10.1 Å². The van der Waals surface area contributed by atoms with E-state index in [0.29, 0.717) is 46.3 Å². The largest absolute Gasteiger partial charge is 0.497 e. The molecule has 2 atom stereocenters. The van der Waals surface area contributed by atoms with Crippen molar-refractivity contribution < 1.29 is 28.2 Å². The number of allylic oxidation sites excluding steroid dienone is 3. The number of halogens is 2. The highest BCUT2D eigenvalue weighted by Crippen LogP contribution is 2.48. The van der Waals surface area contributed by atoms with Crippen molar-refractivity contribution in [2.24, 2.45) is 0 Å². The summed E-state index contributed by atoms with van der Waals surface area (Å²) < 4.78 is 31.5. The Bertz CT molecular complexity index is 1560. The van der Waals surface area contributed by atoms with Gasteiger partial charge in [0.25, 0.3) is 5.91 Å². The van der Waals surface area contributed by atoms with Crippen molar-refractivity contribution >= 4 is 29.0 Å². The second kappa shape index (κ2) is 11.7. The number of hydrogen-bond donors (Lipinski definition) is 2. The zero-order valence-corrected chi connectivity index (χ0v) is 23.9. The van der Waals surface area contributed by atoms with Crippen LogP contribution >= 0.6 is 11.6 Å². The Morgan fingerprint density at radius 2 is 1.71 bits per heavy atom. The summed E-state index contributed by atoms with van der Waals surface area (Å²) in [6, 6.07) is 16.8. The number of nitrogens with one attached hydrogen (secondary N) is 2. The fourth-order valence-electron chi connectivity index (χ4n) is 5.63. The fraction of sp³-hybridized carbons (Fsp3) is 0.250. The number of anilines is 1. The molecule has 1 heterocycles. The van der Waals surface area contributed by atoms with Gasteiger partial charge in [-0.2, -0.15) is 0 Å². The monoisotopic (exact) mass is 576 g/mol. The van der Waals surface area contributed by atoms with Crippen LogP contribution in [-0.2, 0) is 9.59 Å². The highest BCUT2D eigenvalue weighted by Gasteiger charge is 2.42. The smallest absolute Gasteiger partial charge is 0.254 e. The Balaban J connectivity index is 1.56. The number of amides is 1. The predicted octanol–water partition coefficient (Wildman–Crippen LogP) is 6.51. The molecule has 0 aromatic heterocycles. The van der Waals surface area contributed by atoms with Gasteiger partial charge in [0, 0.05) is 45.2 Å². The van der Waals surface area contributed by atoms with E-state index in [1.54, 1.807) is 58.6 Å². The van der Waals surface area contributed by atoms with Gasteiger partial charge >= 0.3 is 0 Å². The number of ether oxygens (including phenoxy) is 3. The molecule has 0 fully saturated rings. The first-order chi connectivity index (χ1) is 19.7. The van der Waals surface area contributed by atoms with Crippen molar-refractivity contribution in [1.29, 1.82) is 0 Å². The highest BCUT2D eigenvalue weighted by atomic mass is 35.5. The molecule has 41 heavy (non-hydrogen) atoms. The maximum Gasteiger partial charge on any atom is 0.254 e. The van der Waals surface area contributed by atoms with Gasteiger partial charge in [0.1, 0.15) is 11.6 Å². The Morgan fingerprint density at radius 1 is 0.976 bits per heavy atom. The molecule has 7 nitrogen and oxygen atoms in total. The summed E-state index contributed by atoms with van der Waals surface area (Å²) in [5.74, 6) is -0.595. The van der Waals surface area contributed by atoms with Crippen LogP contribution in [-0.4, -0.2) is 33.0 Å². The highest BCUT2D eigenvalue weighted by molar-refractivity contribution is 6.31. The number of rotatable bonds is 7. The van der Waals surface area contributed by atoms with Crippen molar-refractivity contribution in [2.75, 3.05) is 26.6 Å². The SMILES string of the molecule is COc1ccc(NC(=O)C2=C(C)NC3=C(C(=O)CC(c4ccc(OC)c(OC)c4)C3)C2c2c(F)cccc2Cl)cc1. The lowest BCUT2D eigenvalue weighted by Crippen LogP contribution is -2.37. The molecule has 3 aromatic rings. The lowest BCUT2D eigenvalue weighted by atomic mass is 9.71. The van der Waals surface area contributed by atoms with Crippen LogP contribution in [0.1, 0.15) is 42.7 Å². The number of hydrogen-bond acceptors (Lipinski definition) is 6. The summed E-state index contributed by atoms with van der Waals surface area (Å²) in [7, 11) is 4.68. The van der Waals surface area contributed by atoms with E-state index in [-0.39, 0.29) is 34.3 Å². The van der Waals surface area contributed by atoms with Crippen molar-refractivity contribution in [3.05, 3.63) is 105 Å². The molecule has 1 amide bonds. The standard InChI is InChI=1S/C32H30ClFN2O5/c1-17-28(32(38)36-20-9-11-21(39-2)12-10-20)31(29-22(33)6-5-7-23(29)34)30-24(35-17)14-19(15-25(30)37)18-8-13-26(40-3)27(16-18)41-4/h5-13,16,19,31,35H,14-15H2,1-4H3,(H,36,38). The third-order valence-electron chi connectivity index (χ3n) is 7.59. The topological polar surface area (TPSA) is 85.9 Å². The average molecular weight is 577 g/mol. The van der Waals surface area contributed by atoms with Crippen molar-refractivity contribution in [3.8, 4) is 17.2 Å². The minimum Gasteiger partial charge on any atom is -0.497 e. The minimum atomic E-state index is -0.989. The summed E-state index contributed by atoms with van der Waals surface area (Å²) in [4.78, 5) is 27.7. The molecule has 5 rings (SSSR count). The van der Waals surface area contributed by atoms with Gasteiger partial charge in [-0.1, -0.05) is 23.7 Å². The van der Waals surface area contributed by atoms with E-state index in [2.05, 4.69) is 10.6 Å². The lowest BCUT2D eigenvalue weighted by molar-refractivity contribution is -0.116. The Hall–Kier alpha value is -4.30. The quantitative estimate of drug-likeness (QED) is 0.334. The third kappa shape index (κ3) is 5.39. The molecule has 0 bridgehead atoms.